The average molecular weight is 152 g/mol. The van der Waals surface area contributed by atoms with Crippen molar-refractivity contribution in [1.82, 2.24) is 0 Å². The first-order valence-electron chi connectivity index (χ1n) is 2.36. The first kappa shape index (κ1) is 6.61. The number of rotatable bonds is 1. The molecule has 0 saturated heterocycles. The molecule has 1 unspecified atom stereocenters. The van der Waals surface area contributed by atoms with Crippen LogP contribution in [0.1, 0.15) is 0 Å². The molecule has 1 rings (SSSR count). The maximum absolute atomic E-state index is 8.16. The highest BCUT2D eigenvalue weighted by molar-refractivity contribution is 8.14. The highest BCUT2D eigenvalue weighted by atomic mass is 32.2. The molecule has 1 aliphatic rings. The molecule has 4 heteroatoms. The van der Waals surface area contributed by atoms with Crippen LogP contribution >= 0.6 is 22.5 Å². The molecular weight excluding hydrogens is 144 g/mol. The predicted octanol–water partition coefficient (Wildman–Crippen LogP) is 1.21. The molecule has 0 aromatic carbocycles. The maximum Gasteiger partial charge on any atom is 0.0243 e. The van der Waals surface area contributed by atoms with Crippen LogP contribution in [-0.4, -0.2) is 27.9 Å². The van der Waals surface area contributed by atoms with E-state index in [2.05, 4.69) is 4.33 Å². The summed E-state index contributed by atoms with van der Waals surface area (Å²) in [5.41, 5.74) is 0. The molecule has 1 atom stereocenters. The van der Waals surface area contributed by atoms with Gasteiger partial charge in [-0.3, -0.25) is 0 Å². The first-order chi connectivity index (χ1) is 3.93. The van der Waals surface area contributed by atoms with Crippen molar-refractivity contribution in [1.29, 1.82) is 0 Å². The van der Waals surface area contributed by atoms with Gasteiger partial charge in [0.15, 0.2) is 0 Å². The minimum atomic E-state index is -0.242. The second kappa shape index (κ2) is 3.50. The van der Waals surface area contributed by atoms with E-state index in [1.54, 1.807) is 0 Å². The lowest BCUT2D eigenvalue weighted by Crippen LogP contribution is -1.99. The second-order valence-electron chi connectivity index (χ2n) is 1.40. The lowest BCUT2D eigenvalue weighted by Gasteiger charge is -2.08. The Bertz CT molecular complexity index is 102. The molecule has 0 saturated carbocycles. The smallest absolute Gasteiger partial charge is 0.0243 e. The zero-order valence-corrected chi connectivity index (χ0v) is 6.00. The zero-order valence-electron chi connectivity index (χ0n) is 4.37. The van der Waals surface area contributed by atoms with Crippen molar-refractivity contribution in [2.45, 2.75) is 0 Å². The summed E-state index contributed by atoms with van der Waals surface area (Å²) < 4.78 is 4.15. The van der Waals surface area contributed by atoms with Crippen LogP contribution in [-0.2, 0) is 4.33 Å². The summed E-state index contributed by atoms with van der Waals surface area (Å²) in [5, 5.41) is 10.2. The van der Waals surface area contributed by atoms with Gasteiger partial charge in [-0.15, -0.1) is 0 Å². The van der Waals surface area contributed by atoms with Crippen LogP contribution < -0.4 is 0 Å². The fourth-order valence-corrected chi connectivity index (χ4v) is 3.09. The molecule has 2 nitrogen and oxygen atoms in total. The van der Waals surface area contributed by atoms with Gasteiger partial charge in [-0.1, -0.05) is 0 Å². The van der Waals surface area contributed by atoms with E-state index in [0.29, 0.717) is 0 Å². The van der Waals surface area contributed by atoms with Gasteiger partial charge in [-0.25, -0.2) is 5.26 Å². The van der Waals surface area contributed by atoms with E-state index in [0.717, 1.165) is 17.3 Å². The highest BCUT2D eigenvalue weighted by Gasteiger charge is 2.00. The zero-order chi connectivity index (χ0) is 5.82. The Morgan fingerprint density at radius 2 is 2.62 bits per heavy atom. The maximum atomic E-state index is 8.16. The third-order valence-corrected chi connectivity index (χ3v) is 3.60. The number of hydrogen-bond acceptors (Lipinski definition) is 3. The van der Waals surface area contributed by atoms with E-state index in [1.807, 2.05) is 17.1 Å². The fourth-order valence-electron chi connectivity index (χ4n) is 0.499. The molecule has 8 heavy (non-hydrogen) atoms. The summed E-state index contributed by atoms with van der Waals surface area (Å²) in [4.78, 5) is 0. The molecule has 1 N–H and O–H groups in total. The van der Waals surface area contributed by atoms with Gasteiger partial charge in [0.2, 0.25) is 0 Å². The lowest BCUT2D eigenvalue weighted by atomic mass is 10.9. The largest absolute Gasteiger partial charge is 0.240 e. The van der Waals surface area contributed by atoms with Crippen LogP contribution in [0.3, 0.4) is 0 Å². The van der Waals surface area contributed by atoms with Gasteiger partial charge in [-0.05, 0) is 16.1 Å². The van der Waals surface area contributed by atoms with Crippen molar-refractivity contribution in [3.8, 4) is 0 Å². The average Bonchev–Trinajstić information content (AvgIpc) is 1.90. The molecule has 0 bridgehead atoms. The van der Waals surface area contributed by atoms with Crippen LogP contribution in [0.25, 0.3) is 0 Å². The monoisotopic (exact) mass is 152 g/mol. The Morgan fingerprint density at radius 1 is 1.75 bits per heavy atom. The Morgan fingerprint density at radius 3 is 3.00 bits per heavy atom. The van der Waals surface area contributed by atoms with Gasteiger partial charge in [0.25, 0.3) is 0 Å². The Labute approximate surface area is 55.3 Å². The van der Waals surface area contributed by atoms with E-state index in [-0.39, 0.29) is 10.8 Å². The Kier molecular flexibility index (Phi) is 2.89. The van der Waals surface area contributed by atoms with E-state index < -0.39 is 0 Å². The van der Waals surface area contributed by atoms with Crippen LogP contribution in [0.15, 0.2) is 0 Å². The summed E-state index contributed by atoms with van der Waals surface area (Å²) in [7, 11) is -0.242. The third kappa shape index (κ3) is 1.78. The van der Waals surface area contributed by atoms with E-state index >= 15 is 0 Å². The summed E-state index contributed by atoms with van der Waals surface area (Å²) in [5.74, 6) is 3.10. The Balaban J connectivity index is 2.37. The minimum absolute atomic E-state index is 0.242. The van der Waals surface area contributed by atoms with Gasteiger partial charge >= 0.3 is 0 Å². The van der Waals surface area contributed by atoms with Crippen molar-refractivity contribution in [2.75, 3.05) is 17.3 Å². The van der Waals surface area contributed by atoms with E-state index in [9.17, 15) is 0 Å². The first-order valence-corrected chi connectivity index (χ1v) is 4.90. The molecule has 1 heterocycles. The molecule has 0 amide bonds. The van der Waals surface area contributed by atoms with Crippen molar-refractivity contribution in [2.24, 2.45) is 0 Å². The fraction of sp³-hybridized carbons (Fsp3) is 0.750. The van der Waals surface area contributed by atoms with Crippen LogP contribution in [0.2, 0.25) is 0 Å². The highest BCUT2D eigenvalue weighted by Crippen LogP contribution is 2.19. The molecule has 0 radical (unpaired) electrons. The minimum Gasteiger partial charge on any atom is -0.240 e. The third-order valence-electron chi connectivity index (χ3n) is 0.896. The molecule has 0 fully saturated rings. The van der Waals surface area contributed by atoms with Crippen molar-refractivity contribution in [3.05, 3.63) is 0 Å². The van der Waals surface area contributed by atoms with Crippen molar-refractivity contribution < 1.29 is 9.59 Å². The molecule has 0 aliphatic carbocycles. The van der Waals surface area contributed by atoms with Crippen molar-refractivity contribution in [3.63, 3.8) is 0 Å². The van der Waals surface area contributed by atoms with Gasteiger partial charge in [0, 0.05) is 17.3 Å². The standard InChI is InChI=1S/C4H8O2S2/c5-6-8-3-1-7-2-4-8/h3,5H,1-2,4H2. The SMILES string of the molecule is OOS1=CCSCC1. The molecular formula is C4H8O2S2. The van der Waals surface area contributed by atoms with E-state index in [4.69, 9.17) is 5.26 Å². The summed E-state index contributed by atoms with van der Waals surface area (Å²) in [6, 6.07) is 0. The van der Waals surface area contributed by atoms with E-state index in [1.165, 1.54) is 0 Å². The normalized spacial score (nSPS) is 29.4. The number of hydrogen-bond donors (Lipinski definition) is 1. The topological polar surface area (TPSA) is 29.5 Å². The number of thioether (sulfide) groups is 1. The molecule has 0 spiro atoms. The quantitative estimate of drug-likeness (QED) is 0.348. The van der Waals surface area contributed by atoms with Gasteiger partial charge in [-0.2, -0.15) is 16.1 Å². The Hall–Kier alpha value is 0.490. The summed E-state index contributed by atoms with van der Waals surface area (Å²) in [6.45, 7) is 0. The molecule has 48 valence electrons. The van der Waals surface area contributed by atoms with Crippen molar-refractivity contribution >= 4 is 27.9 Å². The molecule has 0 aromatic rings. The summed E-state index contributed by atoms with van der Waals surface area (Å²) in [6.07, 6.45) is 0. The molecule has 0 aromatic heterocycles. The van der Waals surface area contributed by atoms with Gasteiger partial charge in [0.05, 0.1) is 0 Å². The lowest BCUT2D eigenvalue weighted by molar-refractivity contribution is -0.117. The van der Waals surface area contributed by atoms with Gasteiger partial charge < -0.3 is 0 Å². The van der Waals surface area contributed by atoms with Gasteiger partial charge in [0.1, 0.15) is 0 Å². The van der Waals surface area contributed by atoms with Crippen LogP contribution in [0, 0.1) is 0 Å². The van der Waals surface area contributed by atoms with Crippen LogP contribution in [0.5, 0.6) is 0 Å². The second-order valence-corrected chi connectivity index (χ2v) is 4.20. The predicted molar refractivity (Wildman–Crippen MR) is 39.6 cm³/mol. The molecule has 1 aliphatic heterocycles. The van der Waals surface area contributed by atoms with Crippen LogP contribution in [0.4, 0.5) is 0 Å². The summed E-state index contributed by atoms with van der Waals surface area (Å²) >= 11 is 1.87.